The number of carbonyl (C=O) groups excluding carboxylic acids is 1. The van der Waals surface area contributed by atoms with Crippen LogP contribution in [0.1, 0.15) is 22.4 Å². The molecule has 0 saturated heterocycles. The molecule has 6 heteroatoms. The molecular weight excluding hydrogens is 342 g/mol. The minimum absolute atomic E-state index is 0.0230. The predicted molar refractivity (Wildman–Crippen MR) is 98.8 cm³/mol. The lowest BCUT2D eigenvalue weighted by atomic mass is 10.1. The molecule has 0 spiro atoms. The van der Waals surface area contributed by atoms with E-state index in [1.165, 1.54) is 16.9 Å². The predicted octanol–water partition coefficient (Wildman–Crippen LogP) is 4.53. The highest BCUT2D eigenvalue weighted by Gasteiger charge is 2.09. The second-order valence-electron chi connectivity index (χ2n) is 5.61. The molecule has 3 aromatic rings. The van der Waals surface area contributed by atoms with Crippen molar-refractivity contribution in [2.45, 2.75) is 26.3 Å². The first-order valence-corrected chi connectivity index (χ1v) is 8.91. The summed E-state index contributed by atoms with van der Waals surface area (Å²) in [6, 6.07) is 13.9. The van der Waals surface area contributed by atoms with Crippen LogP contribution in [0.4, 0.5) is 5.82 Å². The Bertz CT molecular complexity index is 823. The number of benzene rings is 1. The summed E-state index contributed by atoms with van der Waals surface area (Å²) in [7, 11) is 0. The summed E-state index contributed by atoms with van der Waals surface area (Å²) in [6.07, 6.45) is 2.81. The van der Waals surface area contributed by atoms with E-state index >= 15 is 0 Å². The van der Waals surface area contributed by atoms with Crippen LogP contribution in [0.5, 0.6) is 0 Å². The smallest absolute Gasteiger partial charge is 0.225 e. The second-order valence-corrected chi connectivity index (χ2v) is 7.41. The molecule has 2 aromatic heterocycles. The zero-order valence-electron chi connectivity index (χ0n) is 13.3. The zero-order chi connectivity index (χ0) is 16.9. The summed E-state index contributed by atoms with van der Waals surface area (Å²) in [6.45, 7) is 2.69. The van der Waals surface area contributed by atoms with E-state index in [2.05, 4.69) is 41.6 Å². The van der Waals surface area contributed by atoms with Gasteiger partial charge in [-0.1, -0.05) is 41.4 Å². The summed E-state index contributed by atoms with van der Waals surface area (Å²) in [5.41, 5.74) is 2.37. The Balaban J connectivity index is 1.58. The highest BCUT2D eigenvalue weighted by molar-refractivity contribution is 7.16. The number of nitrogens with zero attached hydrogens (tertiary/aromatic N) is 2. The van der Waals surface area contributed by atoms with Gasteiger partial charge < -0.3 is 5.32 Å². The highest BCUT2D eigenvalue weighted by atomic mass is 35.5. The summed E-state index contributed by atoms with van der Waals surface area (Å²) in [5.74, 6) is 0.690. The number of halogens is 1. The van der Waals surface area contributed by atoms with Crippen molar-refractivity contribution in [1.82, 2.24) is 9.78 Å². The number of hydrogen-bond donors (Lipinski definition) is 1. The molecule has 0 aliphatic rings. The molecular formula is C18H18ClN3OS. The van der Waals surface area contributed by atoms with Gasteiger partial charge in [0.1, 0.15) is 5.82 Å². The van der Waals surface area contributed by atoms with Gasteiger partial charge in [-0.25, -0.2) is 4.68 Å². The molecule has 0 bridgehead atoms. The minimum Gasteiger partial charge on any atom is -0.311 e. The van der Waals surface area contributed by atoms with E-state index in [1.807, 2.05) is 18.2 Å². The lowest BCUT2D eigenvalue weighted by Crippen LogP contribution is -2.16. The van der Waals surface area contributed by atoms with Gasteiger partial charge in [-0.3, -0.25) is 4.79 Å². The molecule has 24 heavy (non-hydrogen) atoms. The number of aromatic nitrogens is 2. The van der Waals surface area contributed by atoms with Crippen LogP contribution in [0.25, 0.3) is 0 Å². The number of aryl methyl sites for hydroxylation is 2. The zero-order valence-corrected chi connectivity index (χ0v) is 14.9. The first-order chi connectivity index (χ1) is 11.6. The normalized spacial score (nSPS) is 10.8. The summed E-state index contributed by atoms with van der Waals surface area (Å²) in [5, 5.41) is 7.23. The molecule has 0 fully saturated rings. The molecule has 0 aliphatic carbocycles. The molecule has 4 nitrogen and oxygen atoms in total. The molecule has 0 aliphatic heterocycles. The van der Waals surface area contributed by atoms with Crippen molar-refractivity contribution >= 4 is 34.7 Å². The van der Waals surface area contributed by atoms with Gasteiger partial charge in [0.15, 0.2) is 0 Å². The third kappa shape index (κ3) is 4.46. The Kier molecular flexibility index (Phi) is 5.33. The molecule has 3 rings (SSSR count). The molecule has 124 valence electrons. The maximum atomic E-state index is 12.2. The van der Waals surface area contributed by atoms with E-state index in [-0.39, 0.29) is 5.91 Å². The van der Waals surface area contributed by atoms with E-state index in [9.17, 15) is 4.79 Å². The molecule has 1 amide bonds. The Morgan fingerprint density at radius 2 is 2.00 bits per heavy atom. The molecule has 0 atom stereocenters. The van der Waals surface area contributed by atoms with Crippen LogP contribution < -0.4 is 5.32 Å². The van der Waals surface area contributed by atoms with Gasteiger partial charge in [-0.05, 0) is 31.0 Å². The maximum absolute atomic E-state index is 12.2. The van der Waals surface area contributed by atoms with Gasteiger partial charge in [-0.15, -0.1) is 11.3 Å². The summed E-state index contributed by atoms with van der Waals surface area (Å²) >= 11 is 7.42. The Hall–Kier alpha value is -2.11. The topological polar surface area (TPSA) is 46.9 Å². The number of carbonyl (C=O) groups is 1. The van der Waals surface area contributed by atoms with Gasteiger partial charge in [0, 0.05) is 17.4 Å². The van der Waals surface area contributed by atoms with Crippen molar-refractivity contribution in [3.05, 3.63) is 69.0 Å². The molecule has 1 aromatic carbocycles. The third-order valence-electron chi connectivity index (χ3n) is 3.66. The number of rotatable bonds is 6. The maximum Gasteiger partial charge on any atom is 0.225 e. The van der Waals surface area contributed by atoms with Crippen molar-refractivity contribution in [2.75, 3.05) is 5.32 Å². The van der Waals surface area contributed by atoms with Crippen LogP contribution in [0, 0.1) is 6.92 Å². The molecule has 1 N–H and O–H groups in total. The molecule has 0 radical (unpaired) electrons. The van der Waals surface area contributed by atoms with Crippen molar-refractivity contribution in [1.29, 1.82) is 0 Å². The third-order valence-corrected chi connectivity index (χ3v) is 4.96. The van der Waals surface area contributed by atoms with Crippen LogP contribution in [0.15, 0.2) is 48.7 Å². The van der Waals surface area contributed by atoms with E-state index in [4.69, 9.17) is 11.6 Å². The number of anilines is 1. The first-order valence-electron chi connectivity index (χ1n) is 7.71. The molecule has 0 unspecified atom stereocenters. The van der Waals surface area contributed by atoms with Crippen LogP contribution in [-0.2, 0) is 17.8 Å². The fourth-order valence-electron chi connectivity index (χ4n) is 2.36. The Labute approximate surface area is 150 Å². The fraction of sp³-hybridized carbons (Fsp3) is 0.222. The minimum atomic E-state index is -0.0230. The number of hydrogen-bond acceptors (Lipinski definition) is 3. The van der Waals surface area contributed by atoms with E-state index in [0.29, 0.717) is 25.2 Å². The largest absolute Gasteiger partial charge is 0.311 e. The second kappa shape index (κ2) is 7.64. The van der Waals surface area contributed by atoms with E-state index in [0.717, 1.165) is 14.8 Å². The van der Waals surface area contributed by atoms with Gasteiger partial charge >= 0.3 is 0 Å². The van der Waals surface area contributed by atoms with Crippen molar-refractivity contribution in [3.8, 4) is 0 Å². The standard InChI is InChI=1S/C18H18ClN3OS/c1-13-2-4-14(5-3-13)12-22-17(10-11-20-22)21-18(23)9-7-15-6-8-16(19)24-15/h2-6,8,10-11H,7,9,12H2,1H3,(H,21,23). The quantitative estimate of drug-likeness (QED) is 0.703. The summed E-state index contributed by atoms with van der Waals surface area (Å²) < 4.78 is 2.55. The fourth-order valence-corrected chi connectivity index (χ4v) is 3.45. The van der Waals surface area contributed by atoms with Crippen LogP contribution in [-0.4, -0.2) is 15.7 Å². The van der Waals surface area contributed by atoms with Crippen molar-refractivity contribution < 1.29 is 4.79 Å². The van der Waals surface area contributed by atoms with Gasteiger partial charge in [0.25, 0.3) is 0 Å². The van der Waals surface area contributed by atoms with E-state index in [1.54, 1.807) is 10.9 Å². The van der Waals surface area contributed by atoms with E-state index < -0.39 is 0 Å². The van der Waals surface area contributed by atoms with Crippen LogP contribution in [0.2, 0.25) is 4.34 Å². The monoisotopic (exact) mass is 359 g/mol. The van der Waals surface area contributed by atoms with Gasteiger partial charge in [0.2, 0.25) is 5.91 Å². The van der Waals surface area contributed by atoms with Gasteiger partial charge in [-0.2, -0.15) is 5.10 Å². The lowest BCUT2D eigenvalue weighted by molar-refractivity contribution is -0.116. The van der Waals surface area contributed by atoms with Crippen LogP contribution >= 0.6 is 22.9 Å². The molecule has 2 heterocycles. The number of nitrogens with one attached hydrogen (secondary N) is 1. The van der Waals surface area contributed by atoms with Crippen molar-refractivity contribution in [3.63, 3.8) is 0 Å². The highest BCUT2D eigenvalue weighted by Crippen LogP contribution is 2.22. The lowest BCUT2D eigenvalue weighted by Gasteiger charge is -2.09. The van der Waals surface area contributed by atoms with Crippen molar-refractivity contribution in [2.24, 2.45) is 0 Å². The average molecular weight is 360 g/mol. The van der Waals surface area contributed by atoms with Gasteiger partial charge in [0.05, 0.1) is 17.1 Å². The van der Waals surface area contributed by atoms with Crippen LogP contribution in [0.3, 0.4) is 0 Å². The number of thiophene rings is 1. The first kappa shape index (κ1) is 16.7. The average Bonchev–Trinajstić information content (AvgIpc) is 3.17. The Morgan fingerprint density at radius 3 is 2.71 bits per heavy atom. The Morgan fingerprint density at radius 1 is 1.21 bits per heavy atom. The SMILES string of the molecule is Cc1ccc(Cn2nccc2NC(=O)CCc2ccc(Cl)s2)cc1. The summed E-state index contributed by atoms with van der Waals surface area (Å²) in [4.78, 5) is 13.3. The molecule has 0 saturated carbocycles. The number of amides is 1.